The molecule has 0 aliphatic heterocycles. The van der Waals surface area contributed by atoms with Crippen molar-refractivity contribution in [3.05, 3.63) is 50.7 Å². The summed E-state index contributed by atoms with van der Waals surface area (Å²) in [6.07, 6.45) is -4.44. The van der Waals surface area contributed by atoms with Gasteiger partial charge >= 0.3 is 6.18 Å². The van der Waals surface area contributed by atoms with E-state index in [4.69, 9.17) is 11.6 Å². The second-order valence-electron chi connectivity index (χ2n) is 4.33. The van der Waals surface area contributed by atoms with E-state index in [9.17, 15) is 18.3 Å². The normalized spacial score (nSPS) is 13.5. The minimum atomic E-state index is -4.48. The fourth-order valence-corrected chi connectivity index (χ4v) is 2.68. The Kier molecular flexibility index (Phi) is 4.65. The molecule has 1 aromatic heterocycles. The van der Waals surface area contributed by atoms with Crippen LogP contribution >= 0.6 is 27.5 Å². The molecule has 0 radical (unpaired) electrons. The Morgan fingerprint density at radius 1 is 1.43 bits per heavy atom. The molecule has 0 amide bonds. The minimum Gasteiger partial charge on any atom is -0.382 e. The fourth-order valence-electron chi connectivity index (χ4n) is 1.97. The fraction of sp³-hybridized carbons (Fsp3) is 0.308. The molecular formula is C13H11BrClF3N2O. The van der Waals surface area contributed by atoms with Crippen molar-refractivity contribution in [2.24, 2.45) is 0 Å². The van der Waals surface area contributed by atoms with Crippen LogP contribution in [0, 0.1) is 0 Å². The summed E-state index contributed by atoms with van der Waals surface area (Å²) in [6, 6.07) is 3.10. The van der Waals surface area contributed by atoms with Gasteiger partial charge in [0, 0.05) is 16.6 Å². The molecule has 0 saturated heterocycles. The Balaban J connectivity index is 2.52. The van der Waals surface area contributed by atoms with Crippen molar-refractivity contribution < 1.29 is 18.3 Å². The average molecular weight is 384 g/mol. The Bertz CT molecular complexity index is 657. The van der Waals surface area contributed by atoms with E-state index in [0.717, 1.165) is 12.1 Å². The summed E-state index contributed by atoms with van der Waals surface area (Å²) in [4.78, 5) is 0. The summed E-state index contributed by atoms with van der Waals surface area (Å²) in [5.74, 6) is 0. The molecule has 0 bridgehead atoms. The molecule has 0 aliphatic carbocycles. The predicted molar refractivity (Wildman–Crippen MR) is 76.1 cm³/mol. The van der Waals surface area contributed by atoms with Crippen LogP contribution in [-0.2, 0) is 12.7 Å². The van der Waals surface area contributed by atoms with Gasteiger partial charge in [0.2, 0.25) is 0 Å². The lowest BCUT2D eigenvalue weighted by molar-refractivity contribution is -0.137. The monoisotopic (exact) mass is 382 g/mol. The van der Waals surface area contributed by atoms with Crippen LogP contribution in [-0.4, -0.2) is 14.9 Å². The molecule has 114 valence electrons. The molecule has 0 fully saturated rings. The van der Waals surface area contributed by atoms with Gasteiger partial charge < -0.3 is 5.11 Å². The smallest absolute Gasteiger partial charge is 0.382 e. The van der Waals surface area contributed by atoms with Crippen LogP contribution in [0.3, 0.4) is 0 Å². The first-order valence-corrected chi connectivity index (χ1v) is 7.18. The molecule has 0 aliphatic rings. The SMILES string of the molecule is CCn1ncc(Cl)c1C(O)c1cc(C(F)(F)F)ccc1Br. The number of aryl methyl sites for hydroxylation is 1. The summed E-state index contributed by atoms with van der Waals surface area (Å²) < 4.78 is 40.2. The first-order valence-electron chi connectivity index (χ1n) is 6.01. The minimum absolute atomic E-state index is 0.0851. The Hall–Kier alpha value is -1.05. The van der Waals surface area contributed by atoms with Gasteiger partial charge in [-0.3, -0.25) is 4.68 Å². The molecule has 1 unspecified atom stereocenters. The standard InChI is InChI=1S/C13H11BrClF3N2O/c1-2-20-11(10(15)6-19-20)12(21)8-5-7(13(16,17)18)3-4-9(8)14/h3-6,12,21H,2H2,1H3. The van der Waals surface area contributed by atoms with Crippen LogP contribution < -0.4 is 0 Å². The third-order valence-electron chi connectivity index (χ3n) is 3.01. The van der Waals surface area contributed by atoms with E-state index in [1.165, 1.54) is 16.9 Å². The highest BCUT2D eigenvalue weighted by atomic mass is 79.9. The highest BCUT2D eigenvalue weighted by molar-refractivity contribution is 9.10. The van der Waals surface area contributed by atoms with Gasteiger partial charge in [-0.2, -0.15) is 18.3 Å². The van der Waals surface area contributed by atoms with Crippen molar-refractivity contribution in [1.29, 1.82) is 0 Å². The number of hydrogen-bond acceptors (Lipinski definition) is 2. The topological polar surface area (TPSA) is 38.0 Å². The van der Waals surface area contributed by atoms with Gasteiger partial charge in [0.15, 0.2) is 0 Å². The zero-order valence-corrected chi connectivity index (χ0v) is 13.2. The molecule has 3 nitrogen and oxygen atoms in total. The largest absolute Gasteiger partial charge is 0.416 e. The number of alkyl halides is 3. The summed E-state index contributed by atoms with van der Waals surface area (Å²) in [5, 5.41) is 14.6. The van der Waals surface area contributed by atoms with Crippen LogP contribution in [0.1, 0.15) is 29.8 Å². The van der Waals surface area contributed by atoms with Crippen molar-refractivity contribution in [3.8, 4) is 0 Å². The second-order valence-corrected chi connectivity index (χ2v) is 5.59. The molecule has 8 heteroatoms. The molecule has 2 aromatic rings. The lowest BCUT2D eigenvalue weighted by Gasteiger charge is -2.17. The zero-order chi connectivity index (χ0) is 15.8. The van der Waals surface area contributed by atoms with E-state index in [1.54, 1.807) is 6.92 Å². The Morgan fingerprint density at radius 2 is 2.10 bits per heavy atom. The summed E-state index contributed by atoms with van der Waals surface area (Å²) in [5.41, 5.74) is -0.487. The van der Waals surface area contributed by atoms with Crippen LogP contribution in [0.15, 0.2) is 28.9 Å². The zero-order valence-electron chi connectivity index (χ0n) is 10.8. The number of hydrogen-bond donors (Lipinski definition) is 1. The molecular weight excluding hydrogens is 373 g/mol. The first-order chi connectivity index (χ1) is 9.75. The maximum Gasteiger partial charge on any atom is 0.416 e. The van der Waals surface area contributed by atoms with Crippen molar-refractivity contribution >= 4 is 27.5 Å². The number of halogens is 5. The Morgan fingerprint density at radius 3 is 2.67 bits per heavy atom. The van der Waals surface area contributed by atoms with Crippen LogP contribution in [0.5, 0.6) is 0 Å². The molecule has 1 atom stereocenters. The lowest BCUT2D eigenvalue weighted by Crippen LogP contribution is -2.12. The van der Waals surface area contributed by atoms with E-state index in [-0.39, 0.29) is 16.3 Å². The molecule has 0 saturated carbocycles. The van der Waals surface area contributed by atoms with Crippen molar-refractivity contribution in [1.82, 2.24) is 9.78 Å². The van der Waals surface area contributed by atoms with Crippen molar-refractivity contribution in [3.63, 3.8) is 0 Å². The third-order valence-corrected chi connectivity index (χ3v) is 4.02. The second kappa shape index (κ2) is 5.98. The molecule has 1 N–H and O–H groups in total. The number of benzene rings is 1. The highest BCUT2D eigenvalue weighted by Gasteiger charge is 2.32. The predicted octanol–water partition coefficient (Wildman–Crippen LogP) is 4.42. The number of aromatic nitrogens is 2. The summed E-state index contributed by atoms with van der Waals surface area (Å²) >= 11 is 9.12. The van der Waals surface area contributed by atoms with Crippen LogP contribution in [0.4, 0.5) is 13.2 Å². The molecule has 1 aromatic carbocycles. The van der Waals surface area contributed by atoms with Crippen LogP contribution in [0.25, 0.3) is 0 Å². The molecule has 21 heavy (non-hydrogen) atoms. The van der Waals surface area contributed by atoms with Crippen molar-refractivity contribution in [2.45, 2.75) is 25.7 Å². The van der Waals surface area contributed by atoms with E-state index >= 15 is 0 Å². The number of aliphatic hydroxyl groups excluding tert-OH is 1. The summed E-state index contributed by atoms with van der Waals surface area (Å²) in [7, 11) is 0. The van der Waals surface area contributed by atoms with E-state index in [0.29, 0.717) is 11.0 Å². The average Bonchev–Trinajstić information content (AvgIpc) is 2.78. The maximum atomic E-state index is 12.8. The number of nitrogens with zero attached hydrogens (tertiary/aromatic N) is 2. The maximum absolute atomic E-state index is 12.8. The van der Waals surface area contributed by atoms with Gasteiger partial charge in [-0.25, -0.2) is 0 Å². The highest BCUT2D eigenvalue weighted by Crippen LogP contribution is 2.37. The van der Waals surface area contributed by atoms with Gasteiger partial charge in [-0.1, -0.05) is 27.5 Å². The first kappa shape index (κ1) is 16.3. The van der Waals surface area contributed by atoms with Gasteiger partial charge in [0.25, 0.3) is 0 Å². The van der Waals surface area contributed by atoms with E-state index in [2.05, 4.69) is 21.0 Å². The van der Waals surface area contributed by atoms with Gasteiger partial charge in [0.1, 0.15) is 6.10 Å². The molecule has 0 spiro atoms. The molecule has 2 rings (SSSR count). The van der Waals surface area contributed by atoms with E-state index in [1.807, 2.05) is 0 Å². The lowest BCUT2D eigenvalue weighted by atomic mass is 10.0. The number of aliphatic hydroxyl groups is 1. The van der Waals surface area contributed by atoms with Crippen LogP contribution in [0.2, 0.25) is 5.02 Å². The Labute approximate surface area is 132 Å². The van der Waals surface area contributed by atoms with Gasteiger partial charge in [-0.05, 0) is 25.1 Å². The quantitative estimate of drug-likeness (QED) is 0.852. The summed E-state index contributed by atoms with van der Waals surface area (Å²) in [6.45, 7) is 2.23. The number of rotatable bonds is 3. The van der Waals surface area contributed by atoms with E-state index < -0.39 is 17.8 Å². The van der Waals surface area contributed by atoms with Gasteiger partial charge in [-0.15, -0.1) is 0 Å². The third kappa shape index (κ3) is 3.25. The van der Waals surface area contributed by atoms with Gasteiger partial charge in [0.05, 0.1) is 22.5 Å². The van der Waals surface area contributed by atoms with Crippen molar-refractivity contribution in [2.75, 3.05) is 0 Å². The molecule has 1 heterocycles.